The monoisotopic (exact) mass is 314 g/mol. The van der Waals surface area contributed by atoms with Crippen LogP contribution in [-0.2, 0) is 23.9 Å². The van der Waals surface area contributed by atoms with Gasteiger partial charge in [-0.05, 0) is 19.8 Å². The van der Waals surface area contributed by atoms with Gasteiger partial charge < -0.3 is 19.7 Å². The van der Waals surface area contributed by atoms with Crippen molar-refractivity contribution in [2.24, 2.45) is 0 Å². The zero-order valence-corrected chi connectivity index (χ0v) is 13.0. The van der Waals surface area contributed by atoms with E-state index in [0.29, 0.717) is 19.3 Å². The number of likely N-dealkylation sites (N-methyl/N-ethyl adjacent to an activating group) is 1. The summed E-state index contributed by atoms with van der Waals surface area (Å²) in [4.78, 5) is 46.8. The van der Waals surface area contributed by atoms with Crippen LogP contribution in [-0.4, -0.2) is 54.6 Å². The van der Waals surface area contributed by atoms with Gasteiger partial charge in [-0.3, -0.25) is 9.59 Å². The maximum absolute atomic E-state index is 12.0. The molecule has 2 amide bonds. The van der Waals surface area contributed by atoms with Crippen molar-refractivity contribution in [1.82, 2.24) is 10.2 Å². The minimum Gasteiger partial charge on any atom is -0.424 e. The highest BCUT2D eigenvalue weighted by Crippen LogP contribution is 2.19. The number of ketones is 1. The van der Waals surface area contributed by atoms with Crippen molar-refractivity contribution in [1.29, 1.82) is 0 Å². The molecule has 8 heteroatoms. The smallest absolute Gasteiger partial charge is 0.413 e. The lowest BCUT2D eigenvalue weighted by atomic mass is 9.93. The van der Waals surface area contributed by atoms with Crippen molar-refractivity contribution in [3.05, 3.63) is 0 Å². The van der Waals surface area contributed by atoms with Crippen LogP contribution in [0.3, 0.4) is 0 Å². The SMILES string of the molecule is CC(OC(=O)C(C)NC=O)OC(=O)N(C)C1CCCCC1=O. The van der Waals surface area contributed by atoms with Crippen molar-refractivity contribution in [3.8, 4) is 0 Å². The molecule has 0 aliphatic heterocycles. The number of amides is 2. The number of hydrogen-bond donors (Lipinski definition) is 1. The summed E-state index contributed by atoms with van der Waals surface area (Å²) in [5.41, 5.74) is 0. The molecule has 0 radical (unpaired) electrons. The molecule has 0 spiro atoms. The van der Waals surface area contributed by atoms with Gasteiger partial charge in [0.2, 0.25) is 12.7 Å². The molecule has 3 unspecified atom stereocenters. The Balaban J connectivity index is 2.47. The van der Waals surface area contributed by atoms with E-state index in [-0.39, 0.29) is 5.78 Å². The molecular weight excluding hydrogens is 292 g/mol. The van der Waals surface area contributed by atoms with Gasteiger partial charge in [-0.25, -0.2) is 9.59 Å². The van der Waals surface area contributed by atoms with Gasteiger partial charge in [-0.1, -0.05) is 6.42 Å². The summed E-state index contributed by atoms with van der Waals surface area (Å²) < 4.78 is 9.87. The Labute approximate surface area is 129 Å². The Morgan fingerprint density at radius 3 is 2.59 bits per heavy atom. The summed E-state index contributed by atoms with van der Waals surface area (Å²) in [5.74, 6) is -0.706. The second-order valence-corrected chi connectivity index (χ2v) is 5.23. The third kappa shape index (κ3) is 5.01. The summed E-state index contributed by atoms with van der Waals surface area (Å²) in [6.45, 7) is 2.83. The molecular formula is C14H22N2O6. The minimum absolute atomic E-state index is 0.0131. The average Bonchev–Trinajstić information content (AvgIpc) is 2.47. The van der Waals surface area contributed by atoms with Crippen LogP contribution in [0.5, 0.6) is 0 Å². The Kier molecular flexibility index (Phi) is 6.81. The standard InChI is InChI=1S/C14H22N2O6/c1-9(15-8-17)13(19)21-10(2)22-14(20)16(3)11-6-4-5-7-12(11)18/h8-11H,4-7H2,1-3H3,(H,15,17). The van der Waals surface area contributed by atoms with Gasteiger partial charge in [0.1, 0.15) is 6.04 Å². The largest absolute Gasteiger partial charge is 0.424 e. The van der Waals surface area contributed by atoms with Crippen molar-refractivity contribution >= 4 is 24.3 Å². The number of Topliss-reactive ketones (excluding diaryl/α,β-unsaturated/α-hetero) is 1. The summed E-state index contributed by atoms with van der Waals surface area (Å²) in [7, 11) is 1.49. The van der Waals surface area contributed by atoms with Crippen molar-refractivity contribution in [2.45, 2.75) is 57.9 Å². The molecule has 0 aromatic heterocycles. The predicted octanol–water partition coefficient (Wildman–Crippen LogP) is 0.590. The van der Waals surface area contributed by atoms with Gasteiger partial charge in [-0.2, -0.15) is 0 Å². The highest BCUT2D eigenvalue weighted by atomic mass is 16.7. The Morgan fingerprint density at radius 2 is 2.00 bits per heavy atom. The maximum Gasteiger partial charge on any atom is 0.413 e. The number of rotatable bonds is 6. The fourth-order valence-electron chi connectivity index (χ4n) is 2.19. The molecule has 0 heterocycles. The second-order valence-electron chi connectivity index (χ2n) is 5.23. The lowest BCUT2D eigenvalue weighted by Gasteiger charge is -2.30. The van der Waals surface area contributed by atoms with Gasteiger partial charge in [0.15, 0.2) is 5.78 Å². The van der Waals surface area contributed by atoms with E-state index >= 15 is 0 Å². The van der Waals surface area contributed by atoms with Crippen LogP contribution < -0.4 is 5.32 Å². The highest BCUT2D eigenvalue weighted by molar-refractivity contribution is 5.87. The summed E-state index contributed by atoms with van der Waals surface area (Å²) in [5, 5.41) is 2.23. The number of carbonyl (C=O) groups excluding carboxylic acids is 4. The van der Waals surface area contributed by atoms with Gasteiger partial charge in [0, 0.05) is 20.4 Å². The number of ether oxygens (including phenoxy) is 2. The molecule has 0 bridgehead atoms. The zero-order chi connectivity index (χ0) is 16.7. The van der Waals surface area contributed by atoms with Gasteiger partial charge in [0.05, 0.1) is 6.04 Å². The summed E-state index contributed by atoms with van der Waals surface area (Å²) >= 11 is 0. The number of carbonyl (C=O) groups is 4. The molecule has 22 heavy (non-hydrogen) atoms. The fraction of sp³-hybridized carbons (Fsp3) is 0.714. The lowest BCUT2D eigenvalue weighted by molar-refractivity contribution is -0.169. The first-order valence-electron chi connectivity index (χ1n) is 7.23. The van der Waals surface area contributed by atoms with Crippen LogP contribution in [0.15, 0.2) is 0 Å². The number of hydrogen-bond acceptors (Lipinski definition) is 6. The Bertz CT molecular complexity index is 439. The summed E-state index contributed by atoms with van der Waals surface area (Å²) in [6.07, 6.45) is 1.33. The molecule has 1 N–H and O–H groups in total. The molecule has 1 rings (SSSR count). The van der Waals surface area contributed by atoms with Crippen LogP contribution >= 0.6 is 0 Å². The lowest BCUT2D eigenvalue weighted by Crippen LogP contribution is -2.45. The molecule has 3 atom stereocenters. The second kappa shape index (κ2) is 8.35. The quantitative estimate of drug-likeness (QED) is 0.437. The van der Waals surface area contributed by atoms with Crippen LogP contribution in [0.1, 0.15) is 39.5 Å². The van der Waals surface area contributed by atoms with Crippen molar-refractivity contribution in [2.75, 3.05) is 7.05 Å². The normalized spacial score (nSPS) is 20.5. The van der Waals surface area contributed by atoms with Crippen LogP contribution in [0.4, 0.5) is 4.79 Å². The minimum atomic E-state index is -1.11. The molecule has 0 aromatic carbocycles. The van der Waals surface area contributed by atoms with Crippen molar-refractivity contribution < 1.29 is 28.7 Å². The van der Waals surface area contributed by atoms with Crippen LogP contribution in [0.2, 0.25) is 0 Å². The molecule has 8 nitrogen and oxygen atoms in total. The van der Waals surface area contributed by atoms with E-state index in [1.54, 1.807) is 0 Å². The molecule has 0 saturated heterocycles. The van der Waals surface area contributed by atoms with Gasteiger partial charge in [0.25, 0.3) is 0 Å². The molecule has 0 aromatic rings. The number of esters is 1. The number of nitrogens with zero attached hydrogens (tertiary/aromatic N) is 1. The molecule has 1 fully saturated rings. The van der Waals surface area contributed by atoms with E-state index in [1.807, 2.05) is 0 Å². The average molecular weight is 314 g/mol. The van der Waals surface area contributed by atoms with Crippen molar-refractivity contribution in [3.63, 3.8) is 0 Å². The predicted molar refractivity (Wildman–Crippen MR) is 75.7 cm³/mol. The third-order valence-electron chi connectivity index (χ3n) is 3.50. The first-order chi connectivity index (χ1) is 10.4. The third-order valence-corrected chi connectivity index (χ3v) is 3.50. The molecule has 124 valence electrons. The molecule has 1 aliphatic rings. The van der Waals surface area contributed by atoms with Gasteiger partial charge >= 0.3 is 12.1 Å². The van der Waals surface area contributed by atoms with E-state index in [1.165, 1.54) is 25.8 Å². The van der Waals surface area contributed by atoms with E-state index in [2.05, 4.69) is 5.32 Å². The Hall–Kier alpha value is -2.12. The van der Waals surface area contributed by atoms with Gasteiger partial charge in [-0.15, -0.1) is 0 Å². The molecule has 1 saturated carbocycles. The van der Waals surface area contributed by atoms with E-state index in [4.69, 9.17) is 9.47 Å². The van der Waals surface area contributed by atoms with E-state index < -0.39 is 30.4 Å². The fourth-order valence-corrected chi connectivity index (χ4v) is 2.19. The first-order valence-corrected chi connectivity index (χ1v) is 7.23. The highest BCUT2D eigenvalue weighted by Gasteiger charge is 2.31. The summed E-state index contributed by atoms with van der Waals surface area (Å²) in [6, 6.07) is -1.32. The van der Waals surface area contributed by atoms with Crippen LogP contribution in [0, 0.1) is 0 Å². The topological polar surface area (TPSA) is 102 Å². The van der Waals surface area contributed by atoms with Crippen LogP contribution in [0.25, 0.3) is 0 Å². The zero-order valence-electron chi connectivity index (χ0n) is 13.0. The van der Waals surface area contributed by atoms with E-state index in [9.17, 15) is 19.2 Å². The van der Waals surface area contributed by atoms with E-state index in [0.717, 1.165) is 12.8 Å². The number of nitrogens with one attached hydrogen (secondary N) is 1. The molecule has 1 aliphatic carbocycles. The maximum atomic E-state index is 12.0. The first kappa shape index (κ1) is 17.9. The Morgan fingerprint density at radius 1 is 1.32 bits per heavy atom.